The molecule has 0 saturated carbocycles. The van der Waals surface area contributed by atoms with Gasteiger partial charge in [0.05, 0.1) is 5.69 Å². The molecule has 2 aromatic rings. The second-order valence-corrected chi connectivity index (χ2v) is 7.04. The molecule has 9 heteroatoms. The second kappa shape index (κ2) is 7.79. The van der Waals surface area contributed by atoms with E-state index in [0.717, 1.165) is 42.9 Å². The lowest BCUT2D eigenvalue weighted by Crippen LogP contribution is -2.45. The molecule has 1 aliphatic heterocycles. The minimum atomic E-state index is -0.986. The molecule has 3 rings (SSSR count). The van der Waals surface area contributed by atoms with Gasteiger partial charge in [-0.2, -0.15) is 0 Å². The minimum Gasteiger partial charge on any atom is -0.351 e. The molecule has 5 N–H and O–H groups in total. The highest BCUT2D eigenvalue weighted by molar-refractivity contribution is 7.18. The van der Waals surface area contributed by atoms with Crippen LogP contribution in [0.5, 0.6) is 0 Å². The number of urea groups is 1. The van der Waals surface area contributed by atoms with Gasteiger partial charge in [-0.3, -0.25) is 4.79 Å². The molecule has 1 aromatic carbocycles. The molecule has 3 amide bonds. The van der Waals surface area contributed by atoms with Crippen LogP contribution in [0.25, 0.3) is 10.4 Å². The smallest absolute Gasteiger partial charge is 0.316 e. The number of hydrogen-bond donors (Lipinski definition) is 4. The van der Waals surface area contributed by atoms with Crippen LogP contribution in [0.4, 0.5) is 19.3 Å². The predicted molar refractivity (Wildman–Crippen MR) is 96.2 cm³/mol. The van der Waals surface area contributed by atoms with E-state index in [2.05, 4.69) is 16.0 Å². The van der Waals surface area contributed by atoms with Gasteiger partial charge in [0.1, 0.15) is 4.88 Å². The number of amides is 3. The summed E-state index contributed by atoms with van der Waals surface area (Å²) in [5, 5.41) is 8.53. The number of carbonyl (C=O) groups excluding carboxylic acids is 2. The fourth-order valence-corrected chi connectivity index (χ4v) is 3.82. The first-order valence-electron chi connectivity index (χ1n) is 8.11. The van der Waals surface area contributed by atoms with Crippen LogP contribution in [-0.2, 0) is 0 Å². The van der Waals surface area contributed by atoms with Gasteiger partial charge in [-0.05, 0) is 43.1 Å². The lowest BCUT2D eigenvalue weighted by atomic mass is 10.1. The number of rotatable bonds is 4. The Labute approximate surface area is 152 Å². The van der Waals surface area contributed by atoms with E-state index in [0.29, 0.717) is 17.0 Å². The summed E-state index contributed by atoms with van der Waals surface area (Å²) < 4.78 is 26.6. The summed E-state index contributed by atoms with van der Waals surface area (Å²) in [4.78, 5) is 24.6. The number of nitrogens with two attached hydrogens (primary N) is 1. The molecule has 0 unspecified atom stereocenters. The number of anilines is 1. The van der Waals surface area contributed by atoms with Gasteiger partial charge in [0.25, 0.3) is 5.91 Å². The number of piperidine rings is 1. The summed E-state index contributed by atoms with van der Waals surface area (Å²) in [6.07, 6.45) is 1.82. The highest BCUT2D eigenvalue weighted by Gasteiger charge is 2.22. The van der Waals surface area contributed by atoms with Crippen molar-refractivity contribution in [2.45, 2.75) is 18.9 Å². The third-order valence-electron chi connectivity index (χ3n) is 4.03. The van der Waals surface area contributed by atoms with E-state index in [-0.39, 0.29) is 22.5 Å². The number of benzene rings is 1. The summed E-state index contributed by atoms with van der Waals surface area (Å²) in [5.41, 5.74) is 5.81. The molecule has 0 radical (unpaired) electrons. The van der Waals surface area contributed by atoms with Crippen molar-refractivity contribution in [3.63, 3.8) is 0 Å². The van der Waals surface area contributed by atoms with E-state index >= 15 is 0 Å². The normalized spacial score (nSPS) is 16.9. The topological polar surface area (TPSA) is 96.2 Å². The van der Waals surface area contributed by atoms with Crippen molar-refractivity contribution >= 4 is 29.0 Å². The maximum Gasteiger partial charge on any atom is 0.316 e. The van der Waals surface area contributed by atoms with Gasteiger partial charge < -0.3 is 21.7 Å². The van der Waals surface area contributed by atoms with Crippen LogP contribution in [0.3, 0.4) is 0 Å². The zero-order valence-electron chi connectivity index (χ0n) is 13.8. The second-order valence-electron chi connectivity index (χ2n) is 5.99. The molecule has 1 saturated heterocycles. The molecule has 1 aromatic heterocycles. The number of primary amides is 1. The van der Waals surface area contributed by atoms with E-state index in [1.165, 1.54) is 12.1 Å². The Morgan fingerprint density at radius 3 is 2.69 bits per heavy atom. The van der Waals surface area contributed by atoms with Crippen molar-refractivity contribution in [1.29, 1.82) is 0 Å². The van der Waals surface area contributed by atoms with Crippen molar-refractivity contribution < 1.29 is 18.4 Å². The van der Waals surface area contributed by atoms with E-state index < -0.39 is 17.7 Å². The van der Waals surface area contributed by atoms with Crippen LogP contribution in [0.2, 0.25) is 0 Å². The van der Waals surface area contributed by atoms with E-state index in [4.69, 9.17) is 5.73 Å². The first-order chi connectivity index (χ1) is 12.4. The Bertz CT molecular complexity index is 834. The Balaban J connectivity index is 1.89. The standard InChI is InChI=1S/C17H18F2N4O2S/c18-11-4-3-9(6-12(11)19)14-7-13(23-17(20)25)15(26-14)16(24)22-10-2-1-5-21-8-10/h3-4,6-7,10,21H,1-2,5,8H2,(H,22,24)(H3,20,23,25)/t10-/m0/s1. The van der Waals surface area contributed by atoms with Gasteiger partial charge in [0.15, 0.2) is 11.6 Å². The van der Waals surface area contributed by atoms with Crippen LogP contribution < -0.4 is 21.7 Å². The van der Waals surface area contributed by atoms with Crippen LogP contribution in [-0.4, -0.2) is 31.1 Å². The highest BCUT2D eigenvalue weighted by Crippen LogP contribution is 2.35. The lowest BCUT2D eigenvalue weighted by molar-refractivity contribution is 0.0935. The van der Waals surface area contributed by atoms with E-state index in [1.807, 2.05) is 0 Å². The fraction of sp³-hybridized carbons (Fsp3) is 0.294. The molecule has 0 bridgehead atoms. The summed E-state index contributed by atoms with van der Waals surface area (Å²) in [6, 6.07) is 4.17. The first-order valence-corrected chi connectivity index (χ1v) is 8.93. The Hall–Kier alpha value is -2.52. The lowest BCUT2D eigenvalue weighted by Gasteiger charge is -2.23. The molecular weight excluding hydrogens is 362 g/mol. The molecule has 26 heavy (non-hydrogen) atoms. The van der Waals surface area contributed by atoms with Crippen LogP contribution in [0.1, 0.15) is 22.5 Å². The largest absolute Gasteiger partial charge is 0.351 e. The van der Waals surface area contributed by atoms with Gasteiger partial charge >= 0.3 is 6.03 Å². The van der Waals surface area contributed by atoms with Crippen molar-refractivity contribution in [3.05, 3.63) is 40.8 Å². The number of hydrogen-bond acceptors (Lipinski definition) is 4. The van der Waals surface area contributed by atoms with Crippen molar-refractivity contribution in [3.8, 4) is 10.4 Å². The minimum absolute atomic E-state index is 0.00788. The van der Waals surface area contributed by atoms with Gasteiger partial charge in [-0.15, -0.1) is 11.3 Å². The Kier molecular flexibility index (Phi) is 5.48. The molecular formula is C17H18F2N4O2S. The van der Waals surface area contributed by atoms with Gasteiger partial charge in [-0.25, -0.2) is 13.6 Å². The number of halogens is 2. The van der Waals surface area contributed by atoms with Crippen molar-refractivity contribution in [1.82, 2.24) is 10.6 Å². The maximum atomic E-state index is 13.5. The molecule has 1 fully saturated rings. The summed E-state index contributed by atoms with van der Waals surface area (Å²) in [5.74, 6) is -2.29. The Morgan fingerprint density at radius 1 is 1.23 bits per heavy atom. The molecule has 138 valence electrons. The van der Waals surface area contributed by atoms with E-state index in [1.54, 1.807) is 0 Å². The molecule has 6 nitrogen and oxygen atoms in total. The van der Waals surface area contributed by atoms with Gasteiger partial charge in [-0.1, -0.05) is 6.07 Å². The summed E-state index contributed by atoms with van der Waals surface area (Å²) in [6.45, 7) is 1.59. The van der Waals surface area contributed by atoms with Gasteiger partial charge in [0, 0.05) is 17.5 Å². The molecule has 0 spiro atoms. The average molecular weight is 380 g/mol. The number of thiophene rings is 1. The predicted octanol–water partition coefficient (Wildman–Crippen LogP) is 2.67. The molecule has 0 aliphatic carbocycles. The fourth-order valence-electron chi connectivity index (χ4n) is 2.80. The first kappa shape index (κ1) is 18.3. The third-order valence-corrected chi connectivity index (χ3v) is 5.22. The maximum absolute atomic E-state index is 13.5. The summed E-state index contributed by atoms with van der Waals surface area (Å²) >= 11 is 1.07. The van der Waals surface area contributed by atoms with Crippen LogP contribution >= 0.6 is 11.3 Å². The SMILES string of the molecule is NC(=O)Nc1cc(-c2ccc(F)c(F)c2)sc1C(=O)N[C@H]1CCCNC1. The number of carbonyl (C=O) groups is 2. The average Bonchev–Trinajstić information content (AvgIpc) is 3.01. The third kappa shape index (κ3) is 4.17. The molecule has 2 heterocycles. The Morgan fingerprint density at radius 2 is 2.04 bits per heavy atom. The monoisotopic (exact) mass is 380 g/mol. The van der Waals surface area contributed by atoms with Gasteiger partial charge in [0.2, 0.25) is 0 Å². The zero-order valence-corrected chi connectivity index (χ0v) is 14.6. The number of nitrogens with one attached hydrogen (secondary N) is 3. The van der Waals surface area contributed by atoms with Crippen LogP contribution in [0, 0.1) is 11.6 Å². The molecule has 1 atom stereocenters. The molecule has 1 aliphatic rings. The van der Waals surface area contributed by atoms with E-state index in [9.17, 15) is 18.4 Å². The van der Waals surface area contributed by atoms with Crippen molar-refractivity contribution in [2.75, 3.05) is 18.4 Å². The quantitative estimate of drug-likeness (QED) is 0.657. The zero-order chi connectivity index (χ0) is 18.7. The van der Waals surface area contributed by atoms with Crippen LogP contribution in [0.15, 0.2) is 24.3 Å². The highest BCUT2D eigenvalue weighted by atomic mass is 32.1. The summed E-state index contributed by atoms with van der Waals surface area (Å²) in [7, 11) is 0. The van der Waals surface area contributed by atoms with Crippen molar-refractivity contribution in [2.24, 2.45) is 5.73 Å².